The maximum Gasteiger partial charge on any atom is 0.236 e. The fraction of sp³-hybridized carbons (Fsp3) is 0.200. The van der Waals surface area contributed by atoms with Crippen molar-refractivity contribution in [3.8, 4) is 11.3 Å². The van der Waals surface area contributed by atoms with Crippen LogP contribution in [0.15, 0.2) is 65.2 Å². The third-order valence-electron chi connectivity index (χ3n) is 4.64. The first-order valence-corrected chi connectivity index (χ1v) is 8.09. The fourth-order valence-electron chi connectivity index (χ4n) is 2.92. The summed E-state index contributed by atoms with van der Waals surface area (Å²) in [5.41, 5.74) is 3.02. The SMILES string of the molecule is Cc1ccccc1NC(=O)C1(c2cc(-c3ccccc3)on2)CC1. The second-order valence-corrected chi connectivity index (χ2v) is 6.29. The monoisotopic (exact) mass is 318 g/mol. The summed E-state index contributed by atoms with van der Waals surface area (Å²) in [5.74, 6) is 0.685. The Morgan fingerprint density at radius 1 is 1.08 bits per heavy atom. The van der Waals surface area contributed by atoms with Crippen LogP contribution in [0.1, 0.15) is 24.1 Å². The Morgan fingerprint density at radius 2 is 1.79 bits per heavy atom. The molecule has 0 spiro atoms. The topological polar surface area (TPSA) is 55.1 Å². The van der Waals surface area contributed by atoms with Crippen molar-refractivity contribution in [3.05, 3.63) is 71.9 Å². The second-order valence-electron chi connectivity index (χ2n) is 6.29. The van der Waals surface area contributed by atoms with Crippen molar-refractivity contribution in [1.29, 1.82) is 0 Å². The lowest BCUT2D eigenvalue weighted by molar-refractivity contribution is -0.118. The van der Waals surface area contributed by atoms with Crippen LogP contribution in [0, 0.1) is 6.92 Å². The number of hydrogen-bond donors (Lipinski definition) is 1. The van der Waals surface area contributed by atoms with Gasteiger partial charge < -0.3 is 9.84 Å². The zero-order chi connectivity index (χ0) is 16.6. The molecule has 0 atom stereocenters. The van der Waals surface area contributed by atoms with Crippen LogP contribution < -0.4 is 5.32 Å². The van der Waals surface area contributed by atoms with Crippen molar-refractivity contribution in [2.75, 3.05) is 5.32 Å². The molecule has 1 aromatic heterocycles. The van der Waals surface area contributed by atoms with E-state index in [-0.39, 0.29) is 5.91 Å². The van der Waals surface area contributed by atoms with Gasteiger partial charge in [-0.05, 0) is 31.4 Å². The Labute approximate surface area is 140 Å². The van der Waals surface area contributed by atoms with Crippen molar-refractivity contribution >= 4 is 11.6 Å². The van der Waals surface area contributed by atoms with Gasteiger partial charge in [-0.2, -0.15) is 0 Å². The van der Waals surface area contributed by atoms with Gasteiger partial charge in [0.25, 0.3) is 0 Å². The lowest BCUT2D eigenvalue weighted by Crippen LogP contribution is -2.28. The Bertz CT molecular complexity index is 879. The summed E-state index contributed by atoms with van der Waals surface area (Å²) in [5, 5.41) is 7.22. The van der Waals surface area contributed by atoms with Gasteiger partial charge in [0.15, 0.2) is 5.76 Å². The highest BCUT2D eigenvalue weighted by Crippen LogP contribution is 2.49. The molecule has 0 aliphatic heterocycles. The van der Waals surface area contributed by atoms with Crippen LogP contribution >= 0.6 is 0 Å². The van der Waals surface area contributed by atoms with Crippen LogP contribution in [0.2, 0.25) is 0 Å². The van der Waals surface area contributed by atoms with Crippen LogP contribution in [0.5, 0.6) is 0 Å². The van der Waals surface area contributed by atoms with Crippen molar-refractivity contribution in [1.82, 2.24) is 5.16 Å². The minimum Gasteiger partial charge on any atom is -0.356 e. The zero-order valence-electron chi connectivity index (χ0n) is 13.5. The molecule has 0 unspecified atom stereocenters. The minimum atomic E-state index is -0.557. The van der Waals surface area contributed by atoms with E-state index in [2.05, 4.69) is 10.5 Å². The molecule has 1 saturated carbocycles. The zero-order valence-corrected chi connectivity index (χ0v) is 13.5. The van der Waals surface area contributed by atoms with E-state index in [1.807, 2.05) is 67.6 Å². The molecule has 1 fully saturated rings. The summed E-state index contributed by atoms with van der Waals surface area (Å²) in [6.45, 7) is 1.98. The molecule has 1 amide bonds. The smallest absolute Gasteiger partial charge is 0.236 e. The lowest BCUT2D eigenvalue weighted by atomic mass is 10.00. The van der Waals surface area contributed by atoms with Crippen molar-refractivity contribution < 1.29 is 9.32 Å². The number of carbonyl (C=O) groups is 1. The van der Waals surface area contributed by atoms with E-state index in [1.54, 1.807) is 0 Å². The molecule has 4 rings (SSSR count). The first-order valence-electron chi connectivity index (χ1n) is 8.09. The average Bonchev–Trinajstić information content (AvgIpc) is 3.28. The highest BCUT2D eigenvalue weighted by molar-refractivity contribution is 6.01. The molecule has 120 valence electrons. The number of amides is 1. The van der Waals surface area contributed by atoms with Gasteiger partial charge in [0.2, 0.25) is 5.91 Å². The Kier molecular flexibility index (Phi) is 3.45. The number of rotatable bonds is 4. The Balaban J connectivity index is 1.59. The number of hydrogen-bond acceptors (Lipinski definition) is 3. The molecule has 4 heteroatoms. The van der Waals surface area contributed by atoms with Gasteiger partial charge in [-0.1, -0.05) is 53.7 Å². The van der Waals surface area contributed by atoms with Gasteiger partial charge in [-0.25, -0.2) is 0 Å². The maximum absolute atomic E-state index is 12.8. The van der Waals surface area contributed by atoms with E-state index in [0.29, 0.717) is 11.5 Å². The third kappa shape index (κ3) is 2.50. The first-order chi connectivity index (χ1) is 11.7. The van der Waals surface area contributed by atoms with E-state index >= 15 is 0 Å². The third-order valence-corrected chi connectivity index (χ3v) is 4.64. The number of aryl methyl sites for hydroxylation is 1. The number of para-hydroxylation sites is 1. The normalized spacial score (nSPS) is 15.0. The van der Waals surface area contributed by atoms with E-state index in [0.717, 1.165) is 29.7 Å². The Morgan fingerprint density at radius 3 is 2.50 bits per heavy atom. The number of nitrogens with zero attached hydrogens (tertiary/aromatic N) is 1. The minimum absolute atomic E-state index is 0.00953. The molecule has 4 nitrogen and oxygen atoms in total. The van der Waals surface area contributed by atoms with Crippen molar-refractivity contribution in [3.63, 3.8) is 0 Å². The van der Waals surface area contributed by atoms with Gasteiger partial charge in [0, 0.05) is 17.3 Å². The van der Waals surface area contributed by atoms with Crippen LogP contribution in [-0.2, 0) is 10.2 Å². The molecule has 2 aromatic carbocycles. The standard InChI is InChI=1S/C20H18N2O2/c1-14-7-5-6-10-16(14)21-19(23)20(11-12-20)18-13-17(24-22-18)15-8-3-2-4-9-15/h2-10,13H,11-12H2,1H3,(H,21,23). The molecule has 24 heavy (non-hydrogen) atoms. The average molecular weight is 318 g/mol. The van der Waals surface area contributed by atoms with E-state index in [9.17, 15) is 4.79 Å². The lowest BCUT2D eigenvalue weighted by Gasteiger charge is -2.13. The molecule has 0 radical (unpaired) electrons. The maximum atomic E-state index is 12.8. The largest absolute Gasteiger partial charge is 0.356 e. The summed E-state index contributed by atoms with van der Waals surface area (Å²) in [6, 6.07) is 19.5. The van der Waals surface area contributed by atoms with Gasteiger partial charge in [-0.15, -0.1) is 0 Å². The molecule has 1 aliphatic rings. The molecule has 1 aliphatic carbocycles. The summed E-state index contributed by atoms with van der Waals surface area (Å²) in [7, 11) is 0. The summed E-state index contributed by atoms with van der Waals surface area (Å²) in [6.07, 6.45) is 1.59. The van der Waals surface area contributed by atoms with E-state index < -0.39 is 5.41 Å². The highest BCUT2D eigenvalue weighted by Gasteiger charge is 2.53. The molecule has 0 bridgehead atoms. The molecule has 1 N–H and O–H groups in total. The highest BCUT2D eigenvalue weighted by atomic mass is 16.5. The first kappa shape index (κ1) is 14.7. The van der Waals surface area contributed by atoms with Crippen molar-refractivity contribution in [2.45, 2.75) is 25.2 Å². The fourth-order valence-corrected chi connectivity index (χ4v) is 2.92. The molecular formula is C20H18N2O2. The molecule has 1 heterocycles. The number of anilines is 1. The van der Waals surface area contributed by atoms with Crippen molar-refractivity contribution in [2.24, 2.45) is 0 Å². The summed E-state index contributed by atoms with van der Waals surface area (Å²) < 4.78 is 5.47. The van der Waals surface area contributed by atoms with Gasteiger partial charge in [-0.3, -0.25) is 4.79 Å². The van der Waals surface area contributed by atoms with Crippen LogP contribution in [0.25, 0.3) is 11.3 Å². The van der Waals surface area contributed by atoms with Crippen LogP contribution in [-0.4, -0.2) is 11.1 Å². The predicted octanol–water partition coefficient (Wildman–Crippen LogP) is 4.32. The van der Waals surface area contributed by atoms with Gasteiger partial charge >= 0.3 is 0 Å². The summed E-state index contributed by atoms with van der Waals surface area (Å²) >= 11 is 0. The van der Waals surface area contributed by atoms with Gasteiger partial charge in [0.1, 0.15) is 0 Å². The van der Waals surface area contributed by atoms with Crippen LogP contribution in [0.4, 0.5) is 5.69 Å². The van der Waals surface area contributed by atoms with E-state index in [4.69, 9.17) is 4.52 Å². The molecule has 0 saturated heterocycles. The predicted molar refractivity (Wildman–Crippen MR) is 92.7 cm³/mol. The summed E-state index contributed by atoms with van der Waals surface area (Å²) in [4.78, 5) is 12.8. The number of aromatic nitrogens is 1. The van der Waals surface area contributed by atoms with E-state index in [1.165, 1.54) is 0 Å². The van der Waals surface area contributed by atoms with Gasteiger partial charge in [0.05, 0.1) is 11.1 Å². The number of benzene rings is 2. The van der Waals surface area contributed by atoms with Crippen LogP contribution in [0.3, 0.4) is 0 Å². The number of carbonyl (C=O) groups excluding carboxylic acids is 1. The molecular weight excluding hydrogens is 300 g/mol. The second kappa shape index (κ2) is 5.64. The molecule has 3 aromatic rings. The number of nitrogens with one attached hydrogen (secondary N) is 1. The quantitative estimate of drug-likeness (QED) is 0.779. The Hall–Kier alpha value is -2.88.